The van der Waals surface area contributed by atoms with E-state index in [1.165, 1.54) is 19.4 Å². The summed E-state index contributed by atoms with van der Waals surface area (Å²) in [6, 6.07) is 0.969. The summed E-state index contributed by atoms with van der Waals surface area (Å²) >= 11 is 0. The van der Waals surface area contributed by atoms with Crippen molar-refractivity contribution in [1.82, 2.24) is 4.90 Å². The van der Waals surface area contributed by atoms with Gasteiger partial charge in [0.1, 0.15) is 0 Å². The van der Waals surface area contributed by atoms with Crippen LogP contribution in [-0.2, 0) is 0 Å². The van der Waals surface area contributed by atoms with Gasteiger partial charge >= 0.3 is 0 Å². The molecule has 3 fully saturated rings. The van der Waals surface area contributed by atoms with Gasteiger partial charge in [-0.2, -0.15) is 0 Å². The van der Waals surface area contributed by atoms with Crippen LogP contribution in [-0.4, -0.2) is 24.5 Å². The minimum atomic E-state index is 0.969. The highest BCUT2D eigenvalue weighted by Crippen LogP contribution is 2.53. The van der Waals surface area contributed by atoms with Crippen molar-refractivity contribution in [3.8, 4) is 0 Å². The molecule has 0 amide bonds. The highest BCUT2D eigenvalue weighted by atomic mass is 15.2. The van der Waals surface area contributed by atoms with E-state index in [0.29, 0.717) is 0 Å². The van der Waals surface area contributed by atoms with Crippen LogP contribution in [0.4, 0.5) is 0 Å². The normalized spacial score (nSPS) is 58.0. The third-order valence-corrected chi connectivity index (χ3v) is 4.76. The second kappa shape index (κ2) is 2.25. The van der Waals surface area contributed by atoms with E-state index in [4.69, 9.17) is 0 Å². The van der Waals surface area contributed by atoms with E-state index >= 15 is 0 Å². The molecule has 1 nitrogen and oxygen atoms in total. The summed E-state index contributed by atoms with van der Waals surface area (Å²) in [6.07, 6.45) is 4.60. The van der Waals surface area contributed by atoms with Gasteiger partial charge in [-0.15, -0.1) is 0 Å². The summed E-state index contributed by atoms with van der Waals surface area (Å²) in [4.78, 5) is 2.63. The first-order valence-corrected chi connectivity index (χ1v) is 5.46. The van der Waals surface area contributed by atoms with Gasteiger partial charge in [0.15, 0.2) is 0 Å². The van der Waals surface area contributed by atoms with Crippen LogP contribution in [0.15, 0.2) is 0 Å². The minimum Gasteiger partial charge on any atom is -0.303 e. The molecule has 1 saturated heterocycles. The molecule has 12 heavy (non-hydrogen) atoms. The first kappa shape index (κ1) is 7.37. The highest BCUT2D eigenvalue weighted by molar-refractivity contribution is 5.02. The maximum atomic E-state index is 2.63. The van der Waals surface area contributed by atoms with Crippen molar-refractivity contribution in [1.29, 1.82) is 0 Å². The van der Waals surface area contributed by atoms with Gasteiger partial charge in [0.25, 0.3) is 0 Å². The Balaban J connectivity index is 1.92. The molecule has 0 spiro atoms. The quantitative estimate of drug-likeness (QED) is 0.530. The van der Waals surface area contributed by atoms with Crippen molar-refractivity contribution in [2.24, 2.45) is 23.7 Å². The number of hydrogen-bond acceptors (Lipinski definition) is 1. The fraction of sp³-hybridized carbons (Fsp3) is 1.00. The summed E-state index contributed by atoms with van der Waals surface area (Å²) in [5.74, 6) is 4.26. The summed E-state index contributed by atoms with van der Waals surface area (Å²) in [6.45, 7) is 3.88. The molecule has 0 N–H and O–H groups in total. The summed E-state index contributed by atoms with van der Waals surface area (Å²) in [5, 5.41) is 0. The fourth-order valence-electron chi connectivity index (χ4n) is 4.23. The average molecular weight is 165 g/mol. The predicted molar refractivity (Wildman–Crippen MR) is 49.9 cm³/mol. The number of fused-ring (bicyclic) bond motifs is 6. The fourth-order valence-corrected chi connectivity index (χ4v) is 4.23. The Morgan fingerprint density at radius 3 is 2.75 bits per heavy atom. The van der Waals surface area contributed by atoms with Gasteiger partial charge in [-0.1, -0.05) is 6.92 Å². The van der Waals surface area contributed by atoms with E-state index in [9.17, 15) is 0 Å². The molecule has 68 valence electrons. The van der Waals surface area contributed by atoms with E-state index in [1.54, 1.807) is 6.42 Å². The van der Waals surface area contributed by atoms with Crippen LogP contribution in [0, 0.1) is 23.7 Å². The van der Waals surface area contributed by atoms with Crippen molar-refractivity contribution in [2.45, 2.75) is 32.2 Å². The van der Waals surface area contributed by atoms with E-state index in [0.717, 1.165) is 29.7 Å². The Kier molecular flexibility index (Phi) is 1.39. The maximum Gasteiger partial charge on any atom is 0.0124 e. The molecule has 1 heterocycles. The number of hydrogen-bond donors (Lipinski definition) is 0. The average Bonchev–Trinajstić information content (AvgIpc) is 2.49. The summed E-state index contributed by atoms with van der Waals surface area (Å²) in [5.41, 5.74) is 0. The first-order chi connectivity index (χ1) is 5.75. The lowest BCUT2D eigenvalue weighted by Gasteiger charge is -2.27. The van der Waals surface area contributed by atoms with Crippen LogP contribution in [0.2, 0.25) is 0 Å². The zero-order valence-corrected chi connectivity index (χ0v) is 8.16. The van der Waals surface area contributed by atoms with E-state index in [-0.39, 0.29) is 0 Å². The van der Waals surface area contributed by atoms with Crippen LogP contribution in [0.1, 0.15) is 26.2 Å². The lowest BCUT2D eigenvalue weighted by atomic mass is 9.79. The molecular weight excluding hydrogens is 146 g/mol. The number of likely N-dealkylation sites (tertiary alicyclic amines) is 1. The van der Waals surface area contributed by atoms with Crippen molar-refractivity contribution in [3.05, 3.63) is 0 Å². The molecule has 0 aromatic rings. The molecular formula is C11H19N. The van der Waals surface area contributed by atoms with Gasteiger partial charge in [0.05, 0.1) is 0 Å². The summed E-state index contributed by atoms with van der Waals surface area (Å²) < 4.78 is 0. The molecule has 0 radical (unpaired) electrons. The Bertz CT molecular complexity index is 179. The van der Waals surface area contributed by atoms with Crippen molar-refractivity contribution < 1.29 is 0 Å². The van der Waals surface area contributed by atoms with E-state index in [1.807, 2.05) is 0 Å². The minimum absolute atomic E-state index is 0.969. The molecule has 4 bridgehead atoms. The third-order valence-electron chi connectivity index (χ3n) is 4.76. The first-order valence-electron chi connectivity index (χ1n) is 5.46. The predicted octanol–water partition coefficient (Wildman–Crippen LogP) is 1.98. The third kappa shape index (κ3) is 0.783. The molecule has 5 unspecified atom stereocenters. The Morgan fingerprint density at radius 1 is 1.08 bits per heavy atom. The molecule has 1 aliphatic heterocycles. The van der Waals surface area contributed by atoms with E-state index in [2.05, 4.69) is 18.9 Å². The molecule has 5 atom stereocenters. The molecule has 1 heteroatoms. The lowest BCUT2D eigenvalue weighted by Crippen LogP contribution is -2.31. The second-order valence-electron chi connectivity index (χ2n) is 5.38. The molecule has 0 aromatic carbocycles. The van der Waals surface area contributed by atoms with Crippen LogP contribution in [0.25, 0.3) is 0 Å². The van der Waals surface area contributed by atoms with Gasteiger partial charge in [0, 0.05) is 12.6 Å². The van der Waals surface area contributed by atoms with Crippen molar-refractivity contribution >= 4 is 0 Å². The topological polar surface area (TPSA) is 3.24 Å². The van der Waals surface area contributed by atoms with Gasteiger partial charge < -0.3 is 4.90 Å². The van der Waals surface area contributed by atoms with Gasteiger partial charge in [0.2, 0.25) is 0 Å². The van der Waals surface area contributed by atoms with E-state index < -0.39 is 0 Å². The largest absolute Gasteiger partial charge is 0.303 e. The van der Waals surface area contributed by atoms with Crippen LogP contribution < -0.4 is 0 Å². The van der Waals surface area contributed by atoms with Gasteiger partial charge in [-0.05, 0) is 50.0 Å². The van der Waals surface area contributed by atoms with Gasteiger partial charge in [-0.25, -0.2) is 0 Å². The molecule has 0 aromatic heterocycles. The Morgan fingerprint density at radius 2 is 1.92 bits per heavy atom. The van der Waals surface area contributed by atoms with Crippen LogP contribution in [0.3, 0.4) is 0 Å². The van der Waals surface area contributed by atoms with Crippen molar-refractivity contribution in [3.63, 3.8) is 0 Å². The monoisotopic (exact) mass is 165 g/mol. The smallest absolute Gasteiger partial charge is 0.0124 e. The molecule has 3 rings (SSSR count). The number of nitrogens with zero attached hydrogens (tertiary/aromatic N) is 1. The highest BCUT2D eigenvalue weighted by Gasteiger charge is 2.50. The van der Waals surface area contributed by atoms with Gasteiger partial charge in [-0.3, -0.25) is 0 Å². The van der Waals surface area contributed by atoms with Crippen LogP contribution in [0.5, 0.6) is 0 Å². The second-order valence-corrected chi connectivity index (χ2v) is 5.38. The van der Waals surface area contributed by atoms with Crippen molar-refractivity contribution in [2.75, 3.05) is 13.6 Å². The summed E-state index contributed by atoms with van der Waals surface area (Å²) in [7, 11) is 2.33. The molecule has 2 saturated carbocycles. The molecule has 3 aliphatic rings. The number of rotatable bonds is 0. The van der Waals surface area contributed by atoms with Crippen LogP contribution >= 0.6 is 0 Å². The zero-order valence-electron chi connectivity index (χ0n) is 8.16. The maximum absolute atomic E-state index is 2.63. The Labute approximate surface area is 75.1 Å². The standard InChI is InChI=1S/C11H19N/c1-7-3-8-4-10(7)9-5-11(8)12(2)6-9/h7-11H,3-6H2,1-2H3. The molecule has 2 aliphatic carbocycles. The lowest BCUT2D eigenvalue weighted by molar-refractivity contribution is 0.223. The SMILES string of the molecule is CC1CC2CC1C1CC2N(C)C1. The zero-order chi connectivity index (χ0) is 8.29. The Hall–Kier alpha value is -0.0400.